The number of benzene rings is 1. The van der Waals surface area contributed by atoms with Gasteiger partial charge in [-0.05, 0) is 44.5 Å². The predicted octanol–water partition coefficient (Wildman–Crippen LogP) is 2.71. The van der Waals surface area contributed by atoms with Crippen molar-refractivity contribution in [1.29, 1.82) is 0 Å². The van der Waals surface area contributed by atoms with Crippen LogP contribution in [0.2, 0.25) is 0 Å². The summed E-state index contributed by atoms with van der Waals surface area (Å²) in [5, 5.41) is 3.95. The first kappa shape index (κ1) is 13.6. The summed E-state index contributed by atoms with van der Waals surface area (Å²) in [7, 11) is 0. The lowest BCUT2D eigenvalue weighted by atomic mass is 10.1. The van der Waals surface area contributed by atoms with E-state index in [0.717, 1.165) is 17.3 Å². The average molecular weight is 260 g/mol. The van der Waals surface area contributed by atoms with Crippen LogP contribution in [0.3, 0.4) is 0 Å². The normalized spacial score (nSPS) is 11.1. The zero-order valence-electron chi connectivity index (χ0n) is 11.4. The molecule has 0 saturated heterocycles. The Morgan fingerprint density at radius 2 is 2.21 bits per heavy atom. The molecule has 0 aliphatic rings. The van der Waals surface area contributed by atoms with E-state index in [1.54, 1.807) is 0 Å². The zero-order valence-corrected chi connectivity index (χ0v) is 11.4. The minimum atomic E-state index is -0.0346. The molecule has 0 aliphatic heterocycles. The number of aromatic amines is 1. The van der Waals surface area contributed by atoms with Crippen molar-refractivity contribution in [1.82, 2.24) is 10.3 Å². The standard InChI is InChI=1S/C15H20N2O2/c1-11(2)19-9-3-7-17-15(18)13-4-5-14-12(10-13)6-8-16-14/h4-6,8,10-11,16H,3,7,9H2,1-2H3,(H,17,18). The summed E-state index contributed by atoms with van der Waals surface area (Å²) < 4.78 is 5.42. The van der Waals surface area contributed by atoms with Gasteiger partial charge in [-0.1, -0.05) is 0 Å². The van der Waals surface area contributed by atoms with Crippen LogP contribution >= 0.6 is 0 Å². The molecule has 0 atom stereocenters. The summed E-state index contributed by atoms with van der Waals surface area (Å²) in [5.41, 5.74) is 1.73. The maximum atomic E-state index is 11.9. The number of nitrogens with one attached hydrogen (secondary N) is 2. The van der Waals surface area contributed by atoms with E-state index in [-0.39, 0.29) is 12.0 Å². The molecule has 0 fully saturated rings. The topological polar surface area (TPSA) is 54.1 Å². The first-order chi connectivity index (χ1) is 9.16. The highest BCUT2D eigenvalue weighted by molar-refractivity contribution is 5.98. The molecule has 0 saturated carbocycles. The molecule has 0 bridgehead atoms. The summed E-state index contributed by atoms with van der Waals surface area (Å²) >= 11 is 0. The largest absolute Gasteiger partial charge is 0.379 e. The van der Waals surface area contributed by atoms with Crippen LogP contribution in [0.1, 0.15) is 30.6 Å². The van der Waals surface area contributed by atoms with Gasteiger partial charge in [-0.15, -0.1) is 0 Å². The quantitative estimate of drug-likeness (QED) is 0.785. The highest BCUT2D eigenvalue weighted by atomic mass is 16.5. The summed E-state index contributed by atoms with van der Waals surface area (Å²) in [4.78, 5) is 15.1. The lowest BCUT2D eigenvalue weighted by Crippen LogP contribution is -2.25. The highest BCUT2D eigenvalue weighted by Crippen LogP contribution is 2.14. The highest BCUT2D eigenvalue weighted by Gasteiger charge is 2.06. The van der Waals surface area contributed by atoms with Gasteiger partial charge < -0.3 is 15.0 Å². The van der Waals surface area contributed by atoms with Gasteiger partial charge in [0.2, 0.25) is 0 Å². The summed E-state index contributed by atoms with van der Waals surface area (Å²) in [6.45, 7) is 5.32. The van der Waals surface area contributed by atoms with Crippen molar-refractivity contribution in [3.05, 3.63) is 36.0 Å². The molecule has 0 unspecified atom stereocenters. The van der Waals surface area contributed by atoms with Crippen molar-refractivity contribution in [3.63, 3.8) is 0 Å². The Kier molecular flexibility index (Phi) is 4.58. The van der Waals surface area contributed by atoms with E-state index in [9.17, 15) is 4.79 Å². The molecular weight excluding hydrogens is 240 g/mol. The van der Waals surface area contributed by atoms with Gasteiger partial charge in [0.1, 0.15) is 0 Å². The van der Waals surface area contributed by atoms with E-state index in [0.29, 0.717) is 18.7 Å². The summed E-state index contributed by atoms with van der Waals surface area (Å²) in [5.74, 6) is -0.0346. The van der Waals surface area contributed by atoms with Crippen molar-refractivity contribution in [2.24, 2.45) is 0 Å². The third kappa shape index (κ3) is 3.83. The molecule has 0 spiro atoms. The van der Waals surface area contributed by atoms with Gasteiger partial charge in [0, 0.05) is 35.8 Å². The second-order valence-electron chi connectivity index (χ2n) is 4.81. The van der Waals surface area contributed by atoms with E-state index in [2.05, 4.69) is 10.3 Å². The Bertz CT molecular complexity index is 546. The van der Waals surface area contributed by atoms with Crippen molar-refractivity contribution >= 4 is 16.8 Å². The first-order valence-corrected chi connectivity index (χ1v) is 6.64. The molecule has 1 heterocycles. The summed E-state index contributed by atoms with van der Waals surface area (Å²) in [6.07, 6.45) is 2.94. The van der Waals surface area contributed by atoms with Gasteiger partial charge in [0.25, 0.3) is 5.91 Å². The molecular formula is C15H20N2O2. The number of hydrogen-bond donors (Lipinski definition) is 2. The number of H-pyrrole nitrogens is 1. The van der Waals surface area contributed by atoms with Crippen molar-refractivity contribution in [2.75, 3.05) is 13.2 Å². The van der Waals surface area contributed by atoms with E-state index in [1.807, 2.05) is 44.3 Å². The van der Waals surface area contributed by atoms with Gasteiger partial charge in [0.05, 0.1) is 6.10 Å². The lowest BCUT2D eigenvalue weighted by molar-refractivity contribution is 0.0757. The minimum absolute atomic E-state index is 0.0346. The van der Waals surface area contributed by atoms with Gasteiger partial charge >= 0.3 is 0 Å². The maximum absolute atomic E-state index is 11.9. The van der Waals surface area contributed by atoms with Crippen LogP contribution in [0, 0.1) is 0 Å². The minimum Gasteiger partial charge on any atom is -0.379 e. The molecule has 2 rings (SSSR count). The van der Waals surface area contributed by atoms with Crippen LogP contribution in [-0.2, 0) is 4.74 Å². The van der Waals surface area contributed by atoms with E-state index in [4.69, 9.17) is 4.74 Å². The SMILES string of the molecule is CC(C)OCCCNC(=O)c1ccc2[nH]ccc2c1. The number of carbonyl (C=O) groups is 1. The molecule has 4 nitrogen and oxygen atoms in total. The van der Waals surface area contributed by atoms with Crippen LogP contribution in [0.15, 0.2) is 30.5 Å². The van der Waals surface area contributed by atoms with Crippen molar-refractivity contribution < 1.29 is 9.53 Å². The molecule has 19 heavy (non-hydrogen) atoms. The Balaban J connectivity index is 1.82. The Morgan fingerprint density at radius 1 is 1.37 bits per heavy atom. The molecule has 2 N–H and O–H groups in total. The second-order valence-corrected chi connectivity index (χ2v) is 4.81. The third-order valence-electron chi connectivity index (χ3n) is 2.87. The van der Waals surface area contributed by atoms with Crippen molar-refractivity contribution in [3.8, 4) is 0 Å². The monoisotopic (exact) mass is 260 g/mol. The van der Waals surface area contributed by atoms with Gasteiger partial charge in [-0.3, -0.25) is 4.79 Å². The van der Waals surface area contributed by atoms with E-state index in [1.165, 1.54) is 0 Å². The predicted molar refractivity (Wildman–Crippen MR) is 76.3 cm³/mol. The number of hydrogen-bond acceptors (Lipinski definition) is 2. The van der Waals surface area contributed by atoms with Crippen LogP contribution in [0.25, 0.3) is 10.9 Å². The molecule has 102 valence electrons. The number of ether oxygens (including phenoxy) is 1. The Hall–Kier alpha value is -1.81. The molecule has 1 aromatic heterocycles. The third-order valence-corrected chi connectivity index (χ3v) is 2.87. The Labute approximate surface area is 113 Å². The Morgan fingerprint density at radius 3 is 3.00 bits per heavy atom. The van der Waals surface area contributed by atoms with Gasteiger partial charge in [0.15, 0.2) is 0 Å². The van der Waals surface area contributed by atoms with E-state index >= 15 is 0 Å². The smallest absolute Gasteiger partial charge is 0.251 e. The molecule has 1 aromatic carbocycles. The fraction of sp³-hybridized carbons (Fsp3) is 0.400. The average Bonchev–Trinajstić information content (AvgIpc) is 2.84. The maximum Gasteiger partial charge on any atom is 0.251 e. The van der Waals surface area contributed by atoms with Gasteiger partial charge in [-0.2, -0.15) is 0 Å². The molecule has 1 amide bonds. The number of carbonyl (C=O) groups excluding carboxylic acids is 1. The van der Waals surface area contributed by atoms with Crippen LogP contribution < -0.4 is 5.32 Å². The molecule has 2 aromatic rings. The van der Waals surface area contributed by atoms with Crippen LogP contribution in [0.5, 0.6) is 0 Å². The number of aromatic nitrogens is 1. The second kappa shape index (κ2) is 6.38. The van der Waals surface area contributed by atoms with Gasteiger partial charge in [-0.25, -0.2) is 0 Å². The van der Waals surface area contributed by atoms with E-state index < -0.39 is 0 Å². The number of amides is 1. The first-order valence-electron chi connectivity index (χ1n) is 6.64. The van der Waals surface area contributed by atoms with Crippen LogP contribution in [0.4, 0.5) is 0 Å². The van der Waals surface area contributed by atoms with Crippen LogP contribution in [-0.4, -0.2) is 30.1 Å². The molecule has 4 heteroatoms. The fourth-order valence-corrected chi connectivity index (χ4v) is 1.89. The lowest BCUT2D eigenvalue weighted by Gasteiger charge is -2.08. The molecule has 0 aliphatic carbocycles. The number of rotatable bonds is 6. The number of fused-ring (bicyclic) bond motifs is 1. The fourth-order valence-electron chi connectivity index (χ4n) is 1.89. The molecule has 0 radical (unpaired) electrons. The summed E-state index contributed by atoms with van der Waals surface area (Å²) in [6, 6.07) is 7.61. The zero-order chi connectivity index (χ0) is 13.7. The van der Waals surface area contributed by atoms with Crippen molar-refractivity contribution in [2.45, 2.75) is 26.4 Å².